The number of nitrogens with zero attached hydrogens (tertiary/aromatic N) is 1. The lowest BCUT2D eigenvalue weighted by Crippen LogP contribution is -1.98. The molecule has 3 nitrogen and oxygen atoms in total. The molecule has 0 bridgehead atoms. The molecule has 0 atom stereocenters. The minimum atomic E-state index is 0.607. The Labute approximate surface area is 101 Å². The number of aryl methyl sites for hydroxylation is 1. The van der Waals surface area contributed by atoms with Crippen LogP contribution >= 0.6 is 0 Å². The van der Waals surface area contributed by atoms with Crippen molar-refractivity contribution in [3.05, 3.63) is 29.8 Å². The minimum absolute atomic E-state index is 0.607. The third-order valence-corrected chi connectivity index (χ3v) is 2.75. The lowest BCUT2D eigenvalue weighted by molar-refractivity contribution is 0.324. The molecule has 90 valence electrons. The Bertz CT molecular complexity index is 523. The number of hydrogen-bond acceptors (Lipinski definition) is 3. The molecule has 0 saturated carbocycles. The van der Waals surface area contributed by atoms with E-state index >= 15 is 0 Å². The number of aromatic nitrogens is 1. The molecule has 0 N–H and O–H groups in total. The monoisotopic (exact) mass is 231 g/mol. The van der Waals surface area contributed by atoms with Crippen LogP contribution in [0.1, 0.15) is 19.4 Å². The molecule has 0 aliphatic heterocycles. The highest BCUT2D eigenvalue weighted by molar-refractivity contribution is 5.88. The Morgan fingerprint density at radius 1 is 1.24 bits per heavy atom. The molecule has 1 heterocycles. The summed E-state index contributed by atoms with van der Waals surface area (Å²) in [6.07, 6.45) is 0.947. The van der Waals surface area contributed by atoms with E-state index in [9.17, 15) is 0 Å². The highest BCUT2D eigenvalue weighted by atomic mass is 16.5. The summed E-state index contributed by atoms with van der Waals surface area (Å²) in [5.41, 5.74) is 2.18. The summed E-state index contributed by atoms with van der Waals surface area (Å²) < 4.78 is 10.9. The summed E-state index contributed by atoms with van der Waals surface area (Å²) in [5.74, 6) is 1.44. The summed E-state index contributed by atoms with van der Waals surface area (Å²) in [7, 11) is 1.67. The molecule has 0 radical (unpaired) electrons. The van der Waals surface area contributed by atoms with Gasteiger partial charge in [0.2, 0.25) is 5.88 Å². The highest BCUT2D eigenvalue weighted by Gasteiger charge is 2.09. The van der Waals surface area contributed by atoms with Crippen LogP contribution in [0.25, 0.3) is 10.9 Å². The van der Waals surface area contributed by atoms with Crippen LogP contribution in [-0.2, 0) is 6.42 Å². The summed E-state index contributed by atoms with van der Waals surface area (Å²) in [6, 6.07) is 7.98. The number of pyridine rings is 1. The second-order valence-electron chi connectivity index (χ2n) is 3.76. The Kier molecular flexibility index (Phi) is 3.47. The molecular formula is C14H17NO2. The van der Waals surface area contributed by atoms with Crippen LogP contribution in [-0.4, -0.2) is 18.7 Å². The predicted octanol–water partition coefficient (Wildman–Crippen LogP) is 3.20. The Balaban J connectivity index is 2.68. The first-order valence-corrected chi connectivity index (χ1v) is 5.89. The smallest absolute Gasteiger partial charge is 0.217 e. The molecule has 1 aromatic carbocycles. The minimum Gasteiger partial charge on any atom is -0.496 e. The number of ether oxygens (including phenoxy) is 2. The Morgan fingerprint density at radius 3 is 2.71 bits per heavy atom. The van der Waals surface area contributed by atoms with Crippen LogP contribution in [0.4, 0.5) is 0 Å². The first-order chi connectivity index (χ1) is 8.30. The maximum Gasteiger partial charge on any atom is 0.217 e. The zero-order chi connectivity index (χ0) is 12.3. The van der Waals surface area contributed by atoms with Gasteiger partial charge in [-0.3, -0.25) is 0 Å². The van der Waals surface area contributed by atoms with Gasteiger partial charge in [0.05, 0.1) is 19.2 Å². The van der Waals surface area contributed by atoms with Crippen LogP contribution in [0.2, 0.25) is 0 Å². The van der Waals surface area contributed by atoms with Gasteiger partial charge < -0.3 is 9.47 Å². The quantitative estimate of drug-likeness (QED) is 0.809. The van der Waals surface area contributed by atoms with Crippen molar-refractivity contribution in [3.63, 3.8) is 0 Å². The van der Waals surface area contributed by atoms with Gasteiger partial charge in [0.15, 0.2) is 0 Å². The van der Waals surface area contributed by atoms with E-state index in [0.717, 1.165) is 23.1 Å². The summed E-state index contributed by atoms with van der Waals surface area (Å²) in [4.78, 5) is 4.54. The molecule has 1 aromatic heterocycles. The molecule has 2 rings (SSSR count). The van der Waals surface area contributed by atoms with E-state index < -0.39 is 0 Å². The van der Waals surface area contributed by atoms with E-state index in [4.69, 9.17) is 9.47 Å². The van der Waals surface area contributed by atoms with Gasteiger partial charge in [0.1, 0.15) is 5.75 Å². The standard InChI is InChI=1S/C14H17NO2/c1-4-10-7-6-8-11-12(16-3)9-13(17-5-2)15-14(10)11/h6-9H,4-5H2,1-3H3. The maximum absolute atomic E-state index is 5.46. The number of methoxy groups -OCH3 is 1. The molecule has 17 heavy (non-hydrogen) atoms. The fourth-order valence-corrected chi connectivity index (χ4v) is 1.93. The topological polar surface area (TPSA) is 31.4 Å². The van der Waals surface area contributed by atoms with Gasteiger partial charge in [-0.05, 0) is 25.0 Å². The molecule has 0 aliphatic carbocycles. The lowest BCUT2D eigenvalue weighted by Gasteiger charge is -2.10. The van der Waals surface area contributed by atoms with Gasteiger partial charge in [0.25, 0.3) is 0 Å². The number of para-hydroxylation sites is 1. The van der Waals surface area contributed by atoms with Crippen molar-refractivity contribution in [3.8, 4) is 11.6 Å². The summed E-state index contributed by atoms with van der Waals surface area (Å²) in [5, 5.41) is 1.04. The van der Waals surface area contributed by atoms with Crippen LogP contribution in [0.3, 0.4) is 0 Å². The molecule has 0 saturated heterocycles. The fraction of sp³-hybridized carbons (Fsp3) is 0.357. The second kappa shape index (κ2) is 5.04. The van der Waals surface area contributed by atoms with E-state index in [1.54, 1.807) is 7.11 Å². The molecule has 0 spiro atoms. The molecule has 0 aliphatic rings. The van der Waals surface area contributed by atoms with Crippen molar-refractivity contribution in [2.75, 3.05) is 13.7 Å². The number of benzene rings is 1. The number of fused-ring (bicyclic) bond motifs is 1. The third-order valence-electron chi connectivity index (χ3n) is 2.75. The molecule has 3 heteroatoms. The predicted molar refractivity (Wildman–Crippen MR) is 68.8 cm³/mol. The van der Waals surface area contributed by atoms with Gasteiger partial charge in [-0.15, -0.1) is 0 Å². The highest BCUT2D eigenvalue weighted by Crippen LogP contribution is 2.30. The van der Waals surface area contributed by atoms with Crippen molar-refractivity contribution in [2.24, 2.45) is 0 Å². The van der Waals surface area contributed by atoms with E-state index in [-0.39, 0.29) is 0 Å². The van der Waals surface area contributed by atoms with Gasteiger partial charge in [-0.2, -0.15) is 0 Å². The van der Waals surface area contributed by atoms with E-state index in [0.29, 0.717) is 12.5 Å². The first kappa shape index (κ1) is 11.7. The van der Waals surface area contributed by atoms with Gasteiger partial charge in [-0.25, -0.2) is 4.98 Å². The second-order valence-corrected chi connectivity index (χ2v) is 3.76. The Hall–Kier alpha value is -1.77. The third kappa shape index (κ3) is 2.18. The van der Waals surface area contributed by atoms with Crippen LogP contribution in [0.5, 0.6) is 11.6 Å². The zero-order valence-corrected chi connectivity index (χ0v) is 10.5. The lowest BCUT2D eigenvalue weighted by atomic mass is 10.1. The van der Waals surface area contributed by atoms with E-state index in [1.165, 1.54) is 5.56 Å². The van der Waals surface area contributed by atoms with Gasteiger partial charge >= 0.3 is 0 Å². The van der Waals surface area contributed by atoms with Crippen molar-refractivity contribution < 1.29 is 9.47 Å². The molecular weight excluding hydrogens is 214 g/mol. The molecule has 0 unspecified atom stereocenters. The fourth-order valence-electron chi connectivity index (χ4n) is 1.93. The molecule has 0 fully saturated rings. The average Bonchev–Trinajstić information content (AvgIpc) is 2.37. The van der Waals surface area contributed by atoms with Crippen molar-refractivity contribution in [1.29, 1.82) is 0 Å². The van der Waals surface area contributed by atoms with Crippen LogP contribution in [0, 0.1) is 0 Å². The van der Waals surface area contributed by atoms with Gasteiger partial charge in [-0.1, -0.05) is 19.1 Å². The number of hydrogen-bond donors (Lipinski definition) is 0. The summed E-state index contributed by atoms with van der Waals surface area (Å²) >= 11 is 0. The van der Waals surface area contributed by atoms with Gasteiger partial charge in [0, 0.05) is 11.5 Å². The van der Waals surface area contributed by atoms with Crippen molar-refractivity contribution in [1.82, 2.24) is 4.98 Å². The van der Waals surface area contributed by atoms with E-state index in [1.807, 2.05) is 25.1 Å². The first-order valence-electron chi connectivity index (χ1n) is 5.89. The SMILES string of the molecule is CCOc1cc(OC)c2cccc(CC)c2n1. The van der Waals surface area contributed by atoms with Crippen molar-refractivity contribution >= 4 is 10.9 Å². The Morgan fingerprint density at radius 2 is 2.06 bits per heavy atom. The summed E-state index contributed by atoms with van der Waals surface area (Å²) in [6.45, 7) is 4.68. The van der Waals surface area contributed by atoms with Crippen LogP contribution < -0.4 is 9.47 Å². The number of rotatable bonds is 4. The average molecular weight is 231 g/mol. The largest absolute Gasteiger partial charge is 0.496 e. The zero-order valence-electron chi connectivity index (χ0n) is 10.5. The maximum atomic E-state index is 5.46. The molecule has 0 amide bonds. The van der Waals surface area contributed by atoms with Crippen molar-refractivity contribution in [2.45, 2.75) is 20.3 Å². The molecule has 2 aromatic rings. The van der Waals surface area contributed by atoms with Crippen LogP contribution in [0.15, 0.2) is 24.3 Å². The van der Waals surface area contributed by atoms with E-state index in [2.05, 4.69) is 18.0 Å². The normalized spacial score (nSPS) is 10.5.